The highest BCUT2D eigenvalue weighted by atomic mass is 16.3. The van der Waals surface area contributed by atoms with Gasteiger partial charge in [0.15, 0.2) is 0 Å². The molecule has 0 saturated carbocycles. The lowest BCUT2D eigenvalue weighted by atomic mass is 10.0. The minimum absolute atomic E-state index is 0.0454. The molecule has 0 aliphatic rings. The first-order chi connectivity index (χ1) is 8.56. The van der Waals surface area contributed by atoms with Crippen LogP contribution in [-0.4, -0.2) is 23.8 Å². The molecular weight excluding hydrogens is 228 g/mol. The summed E-state index contributed by atoms with van der Waals surface area (Å²) in [7, 11) is 0. The summed E-state index contributed by atoms with van der Waals surface area (Å²) in [6.07, 6.45) is 0.705. The molecule has 1 atom stereocenters. The van der Waals surface area contributed by atoms with E-state index in [4.69, 9.17) is 5.11 Å². The maximum absolute atomic E-state index is 11.6. The lowest BCUT2D eigenvalue weighted by molar-refractivity contribution is 0.222. The standard InChI is InChI=1S/C14H22N2O2/c1-4-12(9-17)15-14(18)16-13-7-5-11(6-8-13)10(2)3/h5-8,10,12,17H,4,9H2,1-3H3,(H2,15,16,18). The van der Waals surface area contributed by atoms with Crippen molar-refractivity contribution in [2.75, 3.05) is 11.9 Å². The molecule has 0 saturated heterocycles. The third-order valence-electron chi connectivity index (χ3n) is 2.88. The Bertz CT molecular complexity index is 370. The van der Waals surface area contributed by atoms with Crippen LogP contribution in [0, 0.1) is 0 Å². The second-order valence-corrected chi connectivity index (χ2v) is 4.66. The smallest absolute Gasteiger partial charge is 0.319 e. The summed E-state index contributed by atoms with van der Waals surface area (Å²) in [4.78, 5) is 11.6. The molecule has 0 spiro atoms. The highest BCUT2D eigenvalue weighted by Crippen LogP contribution is 2.16. The Kier molecular flexibility index (Phi) is 5.65. The van der Waals surface area contributed by atoms with Gasteiger partial charge in [-0.3, -0.25) is 0 Å². The number of nitrogens with one attached hydrogen (secondary N) is 2. The molecule has 18 heavy (non-hydrogen) atoms. The number of hydrogen-bond donors (Lipinski definition) is 3. The van der Waals surface area contributed by atoms with E-state index in [0.717, 1.165) is 5.69 Å². The fourth-order valence-corrected chi connectivity index (χ4v) is 1.58. The number of amides is 2. The first-order valence-electron chi connectivity index (χ1n) is 6.35. The van der Waals surface area contributed by atoms with E-state index in [2.05, 4.69) is 24.5 Å². The SMILES string of the molecule is CCC(CO)NC(=O)Nc1ccc(C(C)C)cc1. The van der Waals surface area contributed by atoms with E-state index in [-0.39, 0.29) is 18.7 Å². The highest BCUT2D eigenvalue weighted by molar-refractivity contribution is 5.89. The lowest BCUT2D eigenvalue weighted by Gasteiger charge is -2.15. The van der Waals surface area contributed by atoms with Crippen molar-refractivity contribution in [2.45, 2.75) is 39.2 Å². The fourth-order valence-electron chi connectivity index (χ4n) is 1.58. The third-order valence-corrected chi connectivity index (χ3v) is 2.88. The van der Waals surface area contributed by atoms with Crippen molar-refractivity contribution in [2.24, 2.45) is 0 Å². The van der Waals surface area contributed by atoms with Crippen molar-refractivity contribution in [3.63, 3.8) is 0 Å². The van der Waals surface area contributed by atoms with Crippen LogP contribution >= 0.6 is 0 Å². The van der Waals surface area contributed by atoms with Gasteiger partial charge in [0.05, 0.1) is 12.6 Å². The number of hydrogen-bond acceptors (Lipinski definition) is 2. The van der Waals surface area contributed by atoms with Crippen molar-refractivity contribution in [1.29, 1.82) is 0 Å². The van der Waals surface area contributed by atoms with Crippen molar-refractivity contribution >= 4 is 11.7 Å². The molecule has 0 aliphatic heterocycles. The molecule has 0 fully saturated rings. The zero-order chi connectivity index (χ0) is 13.5. The average molecular weight is 250 g/mol. The van der Waals surface area contributed by atoms with Gasteiger partial charge in [-0.25, -0.2) is 4.79 Å². The van der Waals surface area contributed by atoms with Crippen LogP contribution in [0.15, 0.2) is 24.3 Å². The maximum atomic E-state index is 11.6. The van der Waals surface area contributed by atoms with Gasteiger partial charge in [-0.05, 0) is 30.0 Å². The molecule has 4 nitrogen and oxygen atoms in total. The summed E-state index contributed by atoms with van der Waals surface area (Å²) in [5.41, 5.74) is 1.99. The molecule has 0 bridgehead atoms. The Morgan fingerprint density at radius 3 is 2.33 bits per heavy atom. The van der Waals surface area contributed by atoms with E-state index in [1.807, 2.05) is 31.2 Å². The molecular formula is C14H22N2O2. The highest BCUT2D eigenvalue weighted by Gasteiger charge is 2.09. The fraction of sp³-hybridized carbons (Fsp3) is 0.500. The average Bonchev–Trinajstić information content (AvgIpc) is 2.36. The molecule has 1 aromatic rings. The van der Waals surface area contributed by atoms with Crippen LogP contribution < -0.4 is 10.6 Å². The minimum atomic E-state index is -0.284. The van der Waals surface area contributed by atoms with Gasteiger partial charge in [-0.1, -0.05) is 32.9 Å². The summed E-state index contributed by atoms with van der Waals surface area (Å²) in [6, 6.07) is 7.30. The zero-order valence-electron chi connectivity index (χ0n) is 11.2. The van der Waals surface area contributed by atoms with Crippen molar-refractivity contribution in [3.8, 4) is 0 Å². The normalized spacial score (nSPS) is 12.3. The molecule has 100 valence electrons. The van der Waals surface area contributed by atoms with Gasteiger partial charge in [-0.2, -0.15) is 0 Å². The van der Waals surface area contributed by atoms with Gasteiger partial charge in [0.2, 0.25) is 0 Å². The monoisotopic (exact) mass is 250 g/mol. The van der Waals surface area contributed by atoms with Crippen molar-refractivity contribution in [3.05, 3.63) is 29.8 Å². The molecule has 1 unspecified atom stereocenters. The van der Waals surface area contributed by atoms with Gasteiger partial charge in [0.25, 0.3) is 0 Å². The molecule has 0 radical (unpaired) electrons. The van der Waals surface area contributed by atoms with Gasteiger partial charge in [0, 0.05) is 5.69 Å². The van der Waals surface area contributed by atoms with Crippen LogP contribution in [0.3, 0.4) is 0 Å². The maximum Gasteiger partial charge on any atom is 0.319 e. The van der Waals surface area contributed by atoms with Gasteiger partial charge in [-0.15, -0.1) is 0 Å². The van der Waals surface area contributed by atoms with E-state index in [1.54, 1.807) is 0 Å². The lowest BCUT2D eigenvalue weighted by Crippen LogP contribution is -2.39. The molecule has 2 amide bonds. The molecule has 3 N–H and O–H groups in total. The topological polar surface area (TPSA) is 61.4 Å². The summed E-state index contributed by atoms with van der Waals surface area (Å²) in [6.45, 7) is 6.12. The Balaban J connectivity index is 2.54. The second kappa shape index (κ2) is 7.01. The number of rotatable bonds is 5. The molecule has 4 heteroatoms. The third kappa shape index (κ3) is 4.37. The summed E-state index contributed by atoms with van der Waals surface area (Å²) >= 11 is 0. The van der Waals surface area contributed by atoms with E-state index in [9.17, 15) is 4.79 Å². The Morgan fingerprint density at radius 1 is 1.28 bits per heavy atom. The number of carbonyl (C=O) groups is 1. The minimum Gasteiger partial charge on any atom is -0.394 e. The molecule has 0 heterocycles. The van der Waals surface area contributed by atoms with E-state index < -0.39 is 0 Å². The number of anilines is 1. The Labute approximate surface area is 108 Å². The van der Waals surface area contributed by atoms with Crippen LogP contribution in [0.2, 0.25) is 0 Å². The quantitative estimate of drug-likeness (QED) is 0.752. The van der Waals surface area contributed by atoms with Gasteiger partial charge >= 0.3 is 6.03 Å². The number of urea groups is 1. The molecule has 0 aliphatic carbocycles. The zero-order valence-corrected chi connectivity index (χ0v) is 11.2. The van der Waals surface area contributed by atoms with E-state index in [0.29, 0.717) is 12.3 Å². The van der Waals surface area contributed by atoms with Crippen LogP contribution in [0.5, 0.6) is 0 Å². The van der Waals surface area contributed by atoms with Crippen molar-refractivity contribution in [1.82, 2.24) is 5.32 Å². The largest absolute Gasteiger partial charge is 0.394 e. The van der Waals surface area contributed by atoms with E-state index in [1.165, 1.54) is 5.56 Å². The molecule has 1 aromatic carbocycles. The predicted molar refractivity (Wildman–Crippen MR) is 73.9 cm³/mol. The number of benzene rings is 1. The predicted octanol–water partition coefficient (Wildman–Crippen LogP) is 2.70. The summed E-state index contributed by atoms with van der Waals surface area (Å²) in [5, 5.41) is 14.4. The van der Waals surface area contributed by atoms with Crippen LogP contribution in [0.25, 0.3) is 0 Å². The number of aliphatic hydroxyl groups excluding tert-OH is 1. The summed E-state index contributed by atoms with van der Waals surface area (Å²) < 4.78 is 0. The van der Waals surface area contributed by atoms with Crippen molar-refractivity contribution < 1.29 is 9.90 Å². The van der Waals surface area contributed by atoms with Gasteiger partial charge < -0.3 is 15.7 Å². The van der Waals surface area contributed by atoms with E-state index >= 15 is 0 Å². The molecule has 1 rings (SSSR count). The summed E-state index contributed by atoms with van der Waals surface area (Å²) in [5.74, 6) is 0.478. The Morgan fingerprint density at radius 2 is 1.89 bits per heavy atom. The van der Waals surface area contributed by atoms with Crippen LogP contribution in [0.4, 0.5) is 10.5 Å². The number of carbonyl (C=O) groups excluding carboxylic acids is 1. The first-order valence-corrected chi connectivity index (χ1v) is 6.35. The van der Waals surface area contributed by atoms with Gasteiger partial charge in [0.1, 0.15) is 0 Å². The Hall–Kier alpha value is -1.55. The molecule has 0 aromatic heterocycles. The second-order valence-electron chi connectivity index (χ2n) is 4.66. The number of aliphatic hydroxyl groups is 1. The van der Waals surface area contributed by atoms with Crippen LogP contribution in [-0.2, 0) is 0 Å². The first kappa shape index (κ1) is 14.5. The van der Waals surface area contributed by atoms with Crippen LogP contribution in [0.1, 0.15) is 38.7 Å².